The second kappa shape index (κ2) is 4.83. The number of benzene rings is 1. The standard InChI is InChI=1S/C10H14O4/c11-5-3-7-1-2-9(13)8(4-6-12)10(7)14/h1-2,11-14H,3-6H2. The van der Waals surface area contributed by atoms with Gasteiger partial charge >= 0.3 is 0 Å². The highest BCUT2D eigenvalue weighted by molar-refractivity contribution is 5.48. The molecule has 0 atom stereocenters. The van der Waals surface area contributed by atoms with Crippen molar-refractivity contribution in [3.05, 3.63) is 23.3 Å². The van der Waals surface area contributed by atoms with Crippen LogP contribution in [0.4, 0.5) is 0 Å². The first kappa shape index (κ1) is 10.8. The van der Waals surface area contributed by atoms with E-state index in [-0.39, 0.29) is 31.1 Å². The van der Waals surface area contributed by atoms with Crippen molar-refractivity contribution in [1.82, 2.24) is 0 Å². The molecule has 0 saturated carbocycles. The Morgan fingerprint density at radius 2 is 1.57 bits per heavy atom. The Bertz CT molecular complexity index is 309. The minimum atomic E-state index is -0.135. The molecule has 1 aromatic carbocycles. The first-order chi connectivity index (χ1) is 6.70. The Morgan fingerprint density at radius 1 is 0.929 bits per heavy atom. The molecule has 14 heavy (non-hydrogen) atoms. The molecule has 0 spiro atoms. The van der Waals surface area contributed by atoms with Gasteiger partial charge < -0.3 is 20.4 Å². The molecule has 0 aliphatic heterocycles. The monoisotopic (exact) mass is 198 g/mol. The second-order valence-electron chi connectivity index (χ2n) is 3.02. The van der Waals surface area contributed by atoms with Crippen molar-refractivity contribution in [2.75, 3.05) is 13.2 Å². The van der Waals surface area contributed by atoms with Crippen LogP contribution in [0.2, 0.25) is 0 Å². The molecule has 0 aliphatic rings. The van der Waals surface area contributed by atoms with Crippen molar-refractivity contribution in [1.29, 1.82) is 0 Å². The van der Waals surface area contributed by atoms with Crippen LogP contribution in [0.5, 0.6) is 11.5 Å². The van der Waals surface area contributed by atoms with Crippen molar-refractivity contribution < 1.29 is 20.4 Å². The van der Waals surface area contributed by atoms with Crippen LogP contribution >= 0.6 is 0 Å². The van der Waals surface area contributed by atoms with E-state index in [0.717, 1.165) is 0 Å². The lowest BCUT2D eigenvalue weighted by atomic mass is 10.0. The highest BCUT2D eigenvalue weighted by Gasteiger charge is 2.10. The molecule has 0 bridgehead atoms. The van der Waals surface area contributed by atoms with Crippen molar-refractivity contribution in [3.63, 3.8) is 0 Å². The van der Waals surface area contributed by atoms with Crippen LogP contribution in [0.15, 0.2) is 12.1 Å². The SMILES string of the molecule is OCCc1ccc(O)c(CCO)c1O. The van der Waals surface area contributed by atoms with Gasteiger partial charge in [0.15, 0.2) is 0 Å². The van der Waals surface area contributed by atoms with Gasteiger partial charge in [-0.2, -0.15) is 0 Å². The van der Waals surface area contributed by atoms with E-state index < -0.39 is 0 Å². The summed E-state index contributed by atoms with van der Waals surface area (Å²) in [5.74, 6) is -0.0636. The molecule has 0 saturated heterocycles. The lowest BCUT2D eigenvalue weighted by Crippen LogP contribution is -1.97. The molecule has 0 aromatic heterocycles. The van der Waals surface area contributed by atoms with Crippen LogP contribution in [0.1, 0.15) is 11.1 Å². The largest absolute Gasteiger partial charge is 0.508 e. The number of phenols is 2. The van der Waals surface area contributed by atoms with Crippen LogP contribution in [-0.4, -0.2) is 33.6 Å². The summed E-state index contributed by atoms with van der Waals surface area (Å²) in [5.41, 5.74) is 0.909. The Kier molecular flexibility index (Phi) is 3.73. The van der Waals surface area contributed by atoms with Gasteiger partial charge in [-0.25, -0.2) is 0 Å². The number of aliphatic hydroxyl groups is 2. The summed E-state index contributed by atoms with van der Waals surface area (Å²) in [7, 11) is 0. The van der Waals surface area contributed by atoms with Gasteiger partial charge in [0.2, 0.25) is 0 Å². The van der Waals surface area contributed by atoms with Gasteiger partial charge in [-0.3, -0.25) is 0 Å². The molecular weight excluding hydrogens is 184 g/mol. The Balaban J connectivity index is 3.05. The van der Waals surface area contributed by atoms with Crippen LogP contribution < -0.4 is 0 Å². The third-order valence-corrected chi connectivity index (χ3v) is 2.08. The normalized spacial score (nSPS) is 10.4. The zero-order chi connectivity index (χ0) is 10.6. The van der Waals surface area contributed by atoms with E-state index in [2.05, 4.69) is 0 Å². The molecule has 4 nitrogen and oxygen atoms in total. The Labute approximate surface area is 82.1 Å². The fraction of sp³-hybridized carbons (Fsp3) is 0.400. The summed E-state index contributed by atoms with van der Waals surface area (Å²) in [6.45, 7) is -0.194. The molecule has 4 N–H and O–H groups in total. The lowest BCUT2D eigenvalue weighted by Gasteiger charge is -2.09. The summed E-state index contributed by atoms with van der Waals surface area (Å²) < 4.78 is 0. The molecular formula is C10H14O4. The topological polar surface area (TPSA) is 80.9 Å². The van der Waals surface area contributed by atoms with Crippen LogP contribution in [0.25, 0.3) is 0 Å². The molecule has 4 heteroatoms. The van der Waals surface area contributed by atoms with Crippen molar-refractivity contribution in [2.24, 2.45) is 0 Å². The van der Waals surface area contributed by atoms with Crippen molar-refractivity contribution in [3.8, 4) is 11.5 Å². The number of hydrogen-bond acceptors (Lipinski definition) is 4. The third-order valence-electron chi connectivity index (χ3n) is 2.08. The quantitative estimate of drug-likeness (QED) is 0.556. The first-order valence-electron chi connectivity index (χ1n) is 4.45. The van der Waals surface area contributed by atoms with Gasteiger partial charge in [0.05, 0.1) is 0 Å². The molecule has 0 aliphatic carbocycles. The predicted molar refractivity (Wildman–Crippen MR) is 51.4 cm³/mol. The van der Waals surface area contributed by atoms with Crippen LogP contribution in [-0.2, 0) is 12.8 Å². The Morgan fingerprint density at radius 3 is 2.14 bits per heavy atom. The van der Waals surface area contributed by atoms with Crippen LogP contribution in [0, 0.1) is 0 Å². The van der Waals surface area contributed by atoms with Gasteiger partial charge in [-0.1, -0.05) is 6.07 Å². The zero-order valence-electron chi connectivity index (χ0n) is 7.77. The van der Waals surface area contributed by atoms with E-state index in [1.807, 2.05) is 0 Å². The van der Waals surface area contributed by atoms with Crippen LogP contribution in [0.3, 0.4) is 0 Å². The number of rotatable bonds is 4. The molecule has 0 amide bonds. The average molecular weight is 198 g/mol. The summed E-state index contributed by atoms with van der Waals surface area (Å²) in [5, 5.41) is 36.5. The molecule has 0 unspecified atom stereocenters. The summed E-state index contributed by atoms with van der Waals surface area (Å²) in [6.07, 6.45) is 0.543. The molecule has 1 aromatic rings. The molecule has 1 rings (SSSR count). The van der Waals surface area contributed by atoms with Gasteiger partial charge in [0.25, 0.3) is 0 Å². The number of phenolic OH excluding ortho intramolecular Hbond substituents is 2. The predicted octanol–water partition coefficient (Wildman–Crippen LogP) is 0.167. The van der Waals surface area contributed by atoms with Gasteiger partial charge in [0, 0.05) is 25.2 Å². The highest BCUT2D eigenvalue weighted by atomic mass is 16.3. The van der Waals surface area contributed by atoms with E-state index >= 15 is 0 Å². The maximum atomic E-state index is 9.65. The minimum Gasteiger partial charge on any atom is -0.508 e. The maximum absolute atomic E-state index is 9.65. The van der Waals surface area contributed by atoms with Crippen molar-refractivity contribution in [2.45, 2.75) is 12.8 Å². The lowest BCUT2D eigenvalue weighted by molar-refractivity contribution is 0.291. The summed E-state index contributed by atoms with van der Waals surface area (Å²) in [4.78, 5) is 0. The molecule has 0 radical (unpaired) electrons. The van der Waals surface area contributed by atoms with Crippen molar-refractivity contribution >= 4 is 0 Å². The Hall–Kier alpha value is -1.26. The van der Waals surface area contributed by atoms with Gasteiger partial charge in [-0.15, -0.1) is 0 Å². The maximum Gasteiger partial charge on any atom is 0.125 e. The molecule has 0 fully saturated rings. The number of aliphatic hydroxyl groups excluding tert-OH is 2. The smallest absolute Gasteiger partial charge is 0.125 e. The summed E-state index contributed by atoms with van der Waals surface area (Å²) in [6, 6.07) is 3.01. The van der Waals surface area contributed by atoms with E-state index in [0.29, 0.717) is 17.5 Å². The van der Waals surface area contributed by atoms with E-state index in [1.165, 1.54) is 6.07 Å². The number of hydrogen-bond donors (Lipinski definition) is 4. The first-order valence-corrected chi connectivity index (χ1v) is 4.45. The fourth-order valence-corrected chi connectivity index (χ4v) is 1.35. The van der Waals surface area contributed by atoms with E-state index in [9.17, 15) is 10.2 Å². The number of aromatic hydroxyl groups is 2. The molecule has 78 valence electrons. The van der Waals surface area contributed by atoms with Gasteiger partial charge in [0.1, 0.15) is 11.5 Å². The minimum absolute atomic E-state index is 0.0294. The average Bonchev–Trinajstić information content (AvgIpc) is 2.17. The third kappa shape index (κ3) is 2.16. The highest BCUT2D eigenvalue weighted by Crippen LogP contribution is 2.30. The zero-order valence-corrected chi connectivity index (χ0v) is 7.77. The van der Waals surface area contributed by atoms with E-state index in [4.69, 9.17) is 10.2 Å². The summed E-state index contributed by atoms with van der Waals surface area (Å²) >= 11 is 0. The van der Waals surface area contributed by atoms with E-state index in [1.54, 1.807) is 6.07 Å². The van der Waals surface area contributed by atoms with Gasteiger partial charge in [-0.05, 0) is 18.1 Å². The second-order valence-corrected chi connectivity index (χ2v) is 3.02. The fourth-order valence-electron chi connectivity index (χ4n) is 1.35. The molecule has 0 heterocycles.